The molecule has 0 unspecified atom stereocenters. The Kier molecular flexibility index (Phi) is 6.21. The van der Waals surface area contributed by atoms with Crippen LogP contribution in [0.5, 0.6) is 0 Å². The number of rotatable bonds is 7. The molecular weight excluding hydrogens is 264 g/mol. The average molecular weight is 290 g/mol. The van der Waals surface area contributed by atoms with Gasteiger partial charge in [0, 0.05) is 19.1 Å². The molecule has 1 aliphatic rings. The Morgan fingerprint density at radius 2 is 2.00 bits per heavy atom. The molecule has 1 aromatic rings. The molecule has 2 atom stereocenters. The van der Waals surface area contributed by atoms with Gasteiger partial charge in [0.1, 0.15) is 0 Å². The predicted molar refractivity (Wildman–Crippen MR) is 83.5 cm³/mol. The Morgan fingerprint density at radius 1 is 1.29 bits per heavy atom. The minimum Gasteiger partial charge on any atom is -0.377 e. The van der Waals surface area contributed by atoms with Gasteiger partial charge in [-0.15, -0.1) is 0 Å². The van der Waals surface area contributed by atoms with Gasteiger partial charge in [0.2, 0.25) is 5.91 Å². The van der Waals surface area contributed by atoms with Crippen LogP contribution in [-0.2, 0) is 22.7 Å². The van der Waals surface area contributed by atoms with Crippen molar-refractivity contribution in [2.75, 3.05) is 13.2 Å². The van der Waals surface area contributed by atoms with E-state index in [9.17, 15) is 4.79 Å². The van der Waals surface area contributed by atoms with Crippen LogP contribution in [0.2, 0.25) is 0 Å². The van der Waals surface area contributed by atoms with Crippen molar-refractivity contribution >= 4 is 5.91 Å². The molecule has 0 spiro atoms. The average Bonchev–Trinajstić information content (AvgIpc) is 3.00. The van der Waals surface area contributed by atoms with E-state index in [1.54, 1.807) is 0 Å². The van der Waals surface area contributed by atoms with Crippen molar-refractivity contribution in [3.63, 3.8) is 0 Å². The van der Waals surface area contributed by atoms with Crippen molar-refractivity contribution in [1.82, 2.24) is 5.32 Å². The first-order chi connectivity index (χ1) is 10.2. The highest BCUT2D eigenvalue weighted by atomic mass is 16.5. The van der Waals surface area contributed by atoms with Crippen LogP contribution < -0.4 is 11.1 Å². The zero-order valence-corrected chi connectivity index (χ0v) is 12.8. The highest BCUT2D eigenvalue weighted by molar-refractivity contribution is 5.79. The Hall–Kier alpha value is -1.39. The largest absolute Gasteiger partial charge is 0.377 e. The smallest absolute Gasteiger partial charge is 0.223 e. The van der Waals surface area contributed by atoms with E-state index in [1.807, 2.05) is 19.1 Å². The number of hydrogen-bond donors (Lipinski definition) is 2. The van der Waals surface area contributed by atoms with Crippen LogP contribution in [0, 0.1) is 11.8 Å². The van der Waals surface area contributed by atoms with E-state index in [1.165, 1.54) is 0 Å². The lowest BCUT2D eigenvalue weighted by Crippen LogP contribution is -2.34. The van der Waals surface area contributed by atoms with Gasteiger partial charge < -0.3 is 15.8 Å². The molecule has 1 fully saturated rings. The molecular formula is C17H26N2O2. The highest BCUT2D eigenvalue weighted by Crippen LogP contribution is 2.30. The highest BCUT2D eigenvalue weighted by Gasteiger charge is 2.31. The molecule has 1 amide bonds. The second-order valence-corrected chi connectivity index (χ2v) is 5.70. The third-order valence-electron chi connectivity index (χ3n) is 4.26. The monoisotopic (exact) mass is 290 g/mol. The molecule has 1 saturated carbocycles. The third kappa shape index (κ3) is 4.55. The Balaban J connectivity index is 1.81. The van der Waals surface area contributed by atoms with Gasteiger partial charge in [-0.05, 0) is 43.4 Å². The van der Waals surface area contributed by atoms with E-state index >= 15 is 0 Å². The number of carbonyl (C=O) groups is 1. The Morgan fingerprint density at radius 3 is 2.67 bits per heavy atom. The maximum absolute atomic E-state index is 12.2. The van der Waals surface area contributed by atoms with Crippen LogP contribution in [0.4, 0.5) is 0 Å². The fourth-order valence-electron chi connectivity index (χ4n) is 2.96. The van der Waals surface area contributed by atoms with Crippen molar-refractivity contribution in [3.05, 3.63) is 35.4 Å². The minimum absolute atomic E-state index is 0.104. The van der Waals surface area contributed by atoms with E-state index in [4.69, 9.17) is 10.5 Å². The summed E-state index contributed by atoms with van der Waals surface area (Å²) in [7, 11) is 0. The van der Waals surface area contributed by atoms with Crippen molar-refractivity contribution in [2.24, 2.45) is 17.6 Å². The van der Waals surface area contributed by atoms with E-state index in [2.05, 4.69) is 17.4 Å². The first-order valence-corrected chi connectivity index (χ1v) is 7.88. The first kappa shape index (κ1) is 16.0. The number of nitrogens with two attached hydrogens (primary N) is 1. The maximum atomic E-state index is 12.2. The van der Waals surface area contributed by atoms with Crippen molar-refractivity contribution < 1.29 is 9.53 Å². The summed E-state index contributed by atoms with van der Waals surface area (Å²) in [6, 6.07) is 8.19. The van der Waals surface area contributed by atoms with Crippen LogP contribution in [0.15, 0.2) is 24.3 Å². The molecule has 0 aromatic heterocycles. The maximum Gasteiger partial charge on any atom is 0.223 e. The van der Waals surface area contributed by atoms with E-state index in [0.717, 1.165) is 37.0 Å². The third-order valence-corrected chi connectivity index (χ3v) is 4.26. The second kappa shape index (κ2) is 8.15. The van der Waals surface area contributed by atoms with Gasteiger partial charge in [0.15, 0.2) is 0 Å². The molecule has 0 heterocycles. The quantitative estimate of drug-likeness (QED) is 0.809. The molecule has 116 valence electrons. The standard InChI is InChI=1S/C17H26N2O2/c1-2-21-12-14-8-6-13(7-9-14)11-19-17(20)16-5-3-4-15(16)10-18/h6-9,15-16H,2-5,10-12,18H2,1H3,(H,19,20)/t15-,16-/m1/s1. The van der Waals surface area contributed by atoms with E-state index < -0.39 is 0 Å². The number of carbonyl (C=O) groups excluding carboxylic acids is 1. The molecule has 0 saturated heterocycles. The Labute approximate surface area is 127 Å². The van der Waals surface area contributed by atoms with Crippen molar-refractivity contribution in [2.45, 2.75) is 39.3 Å². The number of ether oxygens (including phenoxy) is 1. The van der Waals surface area contributed by atoms with Crippen LogP contribution in [0.3, 0.4) is 0 Å². The molecule has 2 rings (SSSR count). The normalized spacial score (nSPS) is 21.4. The van der Waals surface area contributed by atoms with Crippen LogP contribution in [0.1, 0.15) is 37.3 Å². The molecule has 0 radical (unpaired) electrons. The molecule has 21 heavy (non-hydrogen) atoms. The van der Waals surface area contributed by atoms with Crippen LogP contribution in [-0.4, -0.2) is 19.1 Å². The fourth-order valence-corrected chi connectivity index (χ4v) is 2.96. The molecule has 1 aromatic carbocycles. The predicted octanol–water partition coefficient (Wildman–Crippen LogP) is 2.21. The number of benzene rings is 1. The summed E-state index contributed by atoms with van der Waals surface area (Å²) in [5.41, 5.74) is 8.01. The topological polar surface area (TPSA) is 64.3 Å². The lowest BCUT2D eigenvalue weighted by Gasteiger charge is -2.17. The van der Waals surface area contributed by atoms with Gasteiger partial charge in [0.25, 0.3) is 0 Å². The van der Waals surface area contributed by atoms with Crippen molar-refractivity contribution in [1.29, 1.82) is 0 Å². The number of hydrogen-bond acceptors (Lipinski definition) is 3. The second-order valence-electron chi connectivity index (χ2n) is 5.70. The Bertz CT molecular complexity index is 445. The summed E-state index contributed by atoms with van der Waals surface area (Å²) >= 11 is 0. The summed E-state index contributed by atoms with van der Waals surface area (Å²) < 4.78 is 5.37. The zero-order chi connectivity index (χ0) is 15.1. The van der Waals surface area contributed by atoms with Crippen LogP contribution >= 0.6 is 0 Å². The molecule has 3 N–H and O–H groups in total. The van der Waals surface area contributed by atoms with Gasteiger partial charge in [-0.3, -0.25) is 4.79 Å². The number of amides is 1. The van der Waals surface area contributed by atoms with Gasteiger partial charge >= 0.3 is 0 Å². The molecule has 4 nitrogen and oxygen atoms in total. The first-order valence-electron chi connectivity index (χ1n) is 7.88. The van der Waals surface area contributed by atoms with E-state index in [0.29, 0.717) is 25.6 Å². The minimum atomic E-state index is 0.104. The number of nitrogens with one attached hydrogen (secondary N) is 1. The molecule has 0 bridgehead atoms. The fraction of sp³-hybridized carbons (Fsp3) is 0.588. The summed E-state index contributed by atoms with van der Waals surface area (Å²) in [6.07, 6.45) is 3.17. The van der Waals surface area contributed by atoms with Crippen LogP contribution in [0.25, 0.3) is 0 Å². The zero-order valence-electron chi connectivity index (χ0n) is 12.8. The SMILES string of the molecule is CCOCc1ccc(CNC(=O)[C@@H]2CCC[C@@H]2CN)cc1. The van der Waals surface area contributed by atoms with Gasteiger partial charge in [-0.2, -0.15) is 0 Å². The molecule has 0 aliphatic heterocycles. The molecule has 1 aliphatic carbocycles. The summed E-state index contributed by atoms with van der Waals surface area (Å²) in [4.78, 5) is 12.2. The summed E-state index contributed by atoms with van der Waals surface area (Å²) in [6.45, 7) is 4.55. The lowest BCUT2D eigenvalue weighted by molar-refractivity contribution is -0.126. The summed E-state index contributed by atoms with van der Waals surface area (Å²) in [5, 5.41) is 3.04. The van der Waals surface area contributed by atoms with Crippen molar-refractivity contribution in [3.8, 4) is 0 Å². The van der Waals surface area contributed by atoms with Gasteiger partial charge in [-0.25, -0.2) is 0 Å². The van der Waals surface area contributed by atoms with Gasteiger partial charge in [0.05, 0.1) is 6.61 Å². The summed E-state index contributed by atoms with van der Waals surface area (Å²) in [5.74, 6) is 0.618. The molecule has 4 heteroatoms. The van der Waals surface area contributed by atoms with E-state index in [-0.39, 0.29) is 11.8 Å². The van der Waals surface area contributed by atoms with Gasteiger partial charge in [-0.1, -0.05) is 30.7 Å². The lowest BCUT2D eigenvalue weighted by atomic mass is 9.95.